The summed E-state index contributed by atoms with van der Waals surface area (Å²) in [5.74, 6) is 0.208. The van der Waals surface area contributed by atoms with Crippen molar-refractivity contribution in [3.63, 3.8) is 0 Å². The summed E-state index contributed by atoms with van der Waals surface area (Å²) in [4.78, 5) is 35.4. The van der Waals surface area contributed by atoms with E-state index in [2.05, 4.69) is 25.5 Å². The molecular formula is C16H13N5O2. The van der Waals surface area contributed by atoms with Crippen LogP contribution >= 0.6 is 0 Å². The number of aromatic nitrogens is 3. The lowest BCUT2D eigenvalue weighted by Gasteiger charge is -2.08. The van der Waals surface area contributed by atoms with Crippen LogP contribution in [0, 0.1) is 0 Å². The van der Waals surface area contributed by atoms with Crippen LogP contribution in [-0.2, 0) is 11.2 Å². The standard InChI is InChI=1S/C16H13N5O2/c22-13-4-1-3-12-10(13)7-9(19-12)8-11-14(20-21-16(11)23)15-17-5-2-6-18-15/h2,5-8,19H,1,3-4H2,(H,21,23). The minimum atomic E-state index is -0.314. The molecule has 0 spiro atoms. The Labute approximate surface area is 131 Å². The van der Waals surface area contributed by atoms with Crippen LogP contribution in [-0.4, -0.2) is 32.4 Å². The quantitative estimate of drug-likeness (QED) is 0.815. The maximum atomic E-state index is 12.0. The van der Waals surface area contributed by atoms with Crippen molar-refractivity contribution in [1.29, 1.82) is 0 Å². The number of amides is 1. The summed E-state index contributed by atoms with van der Waals surface area (Å²) < 4.78 is 0. The van der Waals surface area contributed by atoms with E-state index in [1.807, 2.05) is 0 Å². The number of hydrogen-bond donors (Lipinski definition) is 2. The van der Waals surface area contributed by atoms with Crippen molar-refractivity contribution in [2.75, 3.05) is 0 Å². The first-order valence-corrected chi connectivity index (χ1v) is 7.35. The monoisotopic (exact) mass is 307 g/mol. The highest BCUT2D eigenvalue weighted by Crippen LogP contribution is 2.24. The second-order valence-electron chi connectivity index (χ2n) is 5.43. The van der Waals surface area contributed by atoms with Gasteiger partial charge >= 0.3 is 0 Å². The van der Waals surface area contributed by atoms with Gasteiger partial charge in [-0.3, -0.25) is 9.59 Å². The summed E-state index contributed by atoms with van der Waals surface area (Å²) >= 11 is 0. The summed E-state index contributed by atoms with van der Waals surface area (Å²) in [5, 5.41) is 4.00. The van der Waals surface area contributed by atoms with Crippen molar-refractivity contribution in [3.05, 3.63) is 52.9 Å². The molecule has 7 heteroatoms. The largest absolute Gasteiger partial charge is 0.358 e. The van der Waals surface area contributed by atoms with Crippen LogP contribution in [0.25, 0.3) is 6.08 Å². The molecule has 0 saturated heterocycles. The number of fused-ring (bicyclic) bond motifs is 1. The van der Waals surface area contributed by atoms with E-state index in [9.17, 15) is 9.59 Å². The summed E-state index contributed by atoms with van der Waals surface area (Å²) in [6.07, 6.45) is 7.15. The van der Waals surface area contributed by atoms with Gasteiger partial charge in [0.2, 0.25) is 0 Å². The first-order valence-electron chi connectivity index (χ1n) is 7.35. The smallest absolute Gasteiger partial charge is 0.273 e. The SMILES string of the molecule is O=C1NN=C(c2ncccn2)C1=Cc1cc2c([nH]1)CCCC2=O. The third-order valence-corrected chi connectivity index (χ3v) is 3.90. The molecule has 0 saturated carbocycles. The summed E-state index contributed by atoms with van der Waals surface area (Å²) in [5.41, 5.74) is 5.56. The van der Waals surface area contributed by atoms with Crippen LogP contribution < -0.4 is 5.43 Å². The van der Waals surface area contributed by atoms with E-state index in [0.717, 1.165) is 24.1 Å². The van der Waals surface area contributed by atoms with Crippen molar-refractivity contribution >= 4 is 23.5 Å². The molecule has 114 valence electrons. The average Bonchev–Trinajstić information content (AvgIpc) is 3.14. The molecule has 0 aromatic carbocycles. The molecule has 2 N–H and O–H groups in total. The Morgan fingerprint density at radius 2 is 1.96 bits per heavy atom. The first kappa shape index (κ1) is 13.6. The van der Waals surface area contributed by atoms with Crippen molar-refractivity contribution in [1.82, 2.24) is 20.4 Å². The molecule has 1 aliphatic heterocycles. The molecule has 2 aliphatic rings. The molecule has 3 heterocycles. The van der Waals surface area contributed by atoms with Crippen LogP contribution in [0.2, 0.25) is 0 Å². The number of hydrazone groups is 1. The van der Waals surface area contributed by atoms with Gasteiger partial charge in [0.05, 0.1) is 5.57 Å². The fraction of sp³-hybridized carbons (Fsp3) is 0.188. The van der Waals surface area contributed by atoms with Crippen molar-refractivity contribution < 1.29 is 9.59 Å². The predicted octanol–water partition coefficient (Wildman–Crippen LogP) is 1.24. The number of carbonyl (C=O) groups is 2. The van der Waals surface area contributed by atoms with Crippen molar-refractivity contribution in [3.8, 4) is 0 Å². The molecule has 0 unspecified atom stereocenters. The van der Waals surface area contributed by atoms with Crippen LogP contribution in [0.1, 0.15) is 40.4 Å². The van der Waals surface area contributed by atoms with Gasteiger partial charge in [0.25, 0.3) is 5.91 Å². The van der Waals surface area contributed by atoms with Gasteiger partial charge < -0.3 is 4.98 Å². The average molecular weight is 307 g/mol. The van der Waals surface area contributed by atoms with Gasteiger partial charge in [0.15, 0.2) is 11.6 Å². The Bertz CT molecular complexity index is 864. The summed E-state index contributed by atoms with van der Waals surface area (Å²) in [6.45, 7) is 0. The van der Waals surface area contributed by atoms with Crippen LogP contribution in [0.15, 0.2) is 35.2 Å². The number of H-pyrrole nitrogens is 1. The Morgan fingerprint density at radius 3 is 2.74 bits per heavy atom. The van der Waals surface area contributed by atoms with Gasteiger partial charge in [-0.15, -0.1) is 0 Å². The molecule has 2 aromatic rings. The maximum Gasteiger partial charge on any atom is 0.273 e. The molecule has 2 aromatic heterocycles. The highest BCUT2D eigenvalue weighted by molar-refractivity contribution is 6.32. The predicted molar refractivity (Wildman–Crippen MR) is 82.7 cm³/mol. The molecule has 7 nitrogen and oxygen atoms in total. The van der Waals surface area contributed by atoms with Gasteiger partial charge in [-0.25, -0.2) is 15.4 Å². The molecule has 1 aliphatic carbocycles. The Balaban J connectivity index is 1.74. The summed E-state index contributed by atoms with van der Waals surface area (Å²) in [7, 11) is 0. The molecule has 4 rings (SSSR count). The molecule has 0 fully saturated rings. The minimum absolute atomic E-state index is 0.142. The number of carbonyl (C=O) groups excluding carboxylic acids is 2. The lowest BCUT2D eigenvalue weighted by molar-refractivity contribution is -0.116. The fourth-order valence-corrected chi connectivity index (χ4v) is 2.82. The highest BCUT2D eigenvalue weighted by atomic mass is 16.2. The third kappa shape index (κ3) is 2.36. The normalized spacial score (nSPS) is 18.8. The van der Waals surface area contributed by atoms with Crippen molar-refractivity contribution in [2.24, 2.45) is 5.10 Å². The summed E-state index contributed by atoms with van der Waals surface area (Å²) in [6, 6.07) is 3.49. The molecule has 1 amide bonds. The third-order valence-electron chi connectivity index (χ3n) is 3.90. The molecule has 0 bridgehead atoms. The lowest BCUT2D eigenvalue weighted by Crippen LogP contribution is -2.14. The van der Waals surface area contributed by atoms with Gasteiger partial charge in [-0.2, -0.15) is 5.10 Å². The van der Waals surface area contributed by atoms with Crippen LogP contribution in [0.4, 0.5) is 0 Å². The van der Waals surface area contributed by atoms with E-state index in [4.69, 9.17) is 0 Å². The number of nitrogens with one attached hydrogen (secondary N) is 2. The Kier molecular flexibility index (Phi) is 3.11. The van der Waals surface area contributed by atoms with E-state index < -0.39 is 0 Å². The minimum Gasteiger partial charge on any atom is -0.358 e. The second-order valence-corrected chi connectivity index (χ2v) is 5.43. The number of nitrogens with zero attached hydrogens (tertiary/aromatic N) is 3. The molecule has 0 atom stereocenters. The van der Waals surface area contributed by atoms with Gasteiger partial charge in [-0.1, -0.05) is 0 Å². The van der Waals surface area contributed by atoms with E-state index in [0.29, 0.717) is 29.2 Å². The zero-order chi connectivity index (χ0) is 15.8. The molecular weight excluding hydrogens is 294 g/mol. The van der Waals surface area contributed by atoms with Gasteiger partial charge in [0.1, 0.15) is 5.71 Å². The lowest BCUT2D eigenvalue weighted by atomic mass is 9.97. The number of ketones is 1. The maximum absolute atomic E-state index is 12.0. The zero-order valence-electron chi connectivity index (χ0n) is 12.2. The number of Topliss-reactive ketones (excluding diaryl/α,β-unsaturated/α-hetero) is 1. The molecule has 23 heavy (non-hydrogen) atoms. The first-order chi connectivity index (χ1) is 11.2. The van der Waals surface area contributed by atoms with Crippen LogP contribution in [0.5, 0.6) is 0 Å². The van der Waals surface area contributed by atoms with Gasteiger partial charge in [0, 0.05) is 35.8 Å². The topological polar surface area (TPSA) is 100 Å². The highest BCUT2D eigenvalue weighted by Gasteiger charge is 2.27. The van der Waals surface area contributed by atoms with Gasteiger partial charge in [-0.05, 0) is 31.1 Å². The number of aryl methyl sites for hydroxylation is 1. The van der Waals surface area contributed by atoms with Crippen LogP contribution in [0.3, 0.4) is 0 Å². The number of aromatic amines is 1. The zero-order valence-corrected chi connectivity index (χ0v) is 12.2. The van der Waals surface area contributed by atoms with E-state index in [1.165, 1.54) is 0 Å². The van der Waals surface area contributed by atoms with E-state index >= 15 is 0 Å². The second kappa shape index (κ2) is 5.28. The van der Waals surface area contributed by atoms with E-state index in [1.54, 1.807) is 30.6 Å². The fourth-order valence-electron chi connectivity index (χ4n) is 2.82. The van der Waals surface area contributed by atoms with Crippen molar-refractivity contribution in [2.45, 2.75) is 19.3 Å². The number of hydrogen-bond acceptors (Lipinski definition) is 5. The van der Waals surface area contributed by atoms with E-state index in [-0.39, 0.29) is 11.7 Å². The Morgan fingerprint density at radius 1 is 1.13 bits per heavy atom. The molecule has 0 radical (unpaired) electrons. The number of rotatable bonds is 2. The Hall–Kier alpha value is -3.09.